The minimum atomic E-state index is -1.62. The van der Waals surface area contributed by atoms with Crippen LogP contribution in [0.5, 0.6) is 0 Å². The molecule has 0 aliphatic carbocycles. The van der Waals surface area contributed by atoms with Crippen molar-refractivity contribution in [1.82, 2.24) is 0 Å². The minimum Gasteiger partial charge on any atom is -0.413 e. The Kier molecular flexibility index (Phi) is 6.07. The molecule has 2 atom stereocenters. The fourth-order valence-corrected chi connectivity index (χ4v) is 3.18. The standard InChI is InChI=1S/C12H25IOSi/c1-8-9-11(10(2)13)14-15(6,7)12(3,4)5/h8,10-11H,1,9H2,2-7H3/t10-,11+/m0/s1. The van der Waals surface area contributed by atoms with E-state index in [-0.39, 0.29) is 5.04 Å². The number of halogens is 1. The molecule has 0 saturated heterocycles. The highest BCUT2D eigenvalue weighted by Gasteiger charge is 2.39. The first kappa shape index (κ1) is 15.6. The second-order valence-electron chi connectivity index (χ2n) is 5.62. The Morgan fingerprint density at radius 2 is 1.87 bits per heavy atom. The average Bonchev–Trinajstić information content (AvgIpc) is 2.00. The van der Waals surface area contributed by atoms with Gasteiger partial charge in [-0.1, -0.05) is 56.4 Å². The summed E-state index contributed by atoms with van der Waals surface area (Å²) in [5.41, 5.74) is 0. The summed E-state index contributed by atoms with van der Waals surface area (Å²) < 4.78 is 6.90. The van der Waals surface area contributed by atoms with E-state index in [0.717, 1.165) is 6.42 Å². The third-order valence-electron chi connectivity index (χ3n) is 3.16. The zero-order valence-corrected chi connectivity index (χ0v) is 14.1. The van der Waals surface area contributed by atoms with Crippen molar-refractivity contribution in [3.8, 4) is 0 Å². The first-order valence-corrected chi connectivity index (χ1v) is 9.70. The van der Waals surface area contributed by atoms with Gasteiger partial charge in [0.1, 0.15) is 0 Å². The van der Waals surface area contributed by atoms with Gasteiger partial charge < -0.3 is 4.43 Å². The fraction of sp³-hybridized carbons (Fsp3) is 0.833. The number of alkyl halides is 1. The lowest BCUT2D eigenvalue weighted by Crippen LogP contribution is -2.45. The van der Waals surface area contributed by atoms with E-state index in [1.165, 1.54) is 0 Å². The molecular formula is C12H25IOSi. The molecule has 0 saturated carbocycles. The van der Waals surface area contributed by atoms with Crippen LogP contribution in [0.2, 0.25) is 18.1 Å². The first-order valence-electron chi connectivity index (χ1n) is 5.54. The lowest BCUT2D eigenvalue weighted by atomic mass is 10.2. The van der Waals surface area contributed by atoms with Crippen LogP contribution in [0.3, 0.4) is 0 Å². The molecule has 0 aromatic heterocycles. The summed E-state index contributed by atoms with van der Waals surface area (Å²) in [7, 11) is -1.62. The Morgan fingerprint density at radius 3 is 2.13 bits per heavy atom. The van der Waals surface area contributed by atoms with Gasteiger partial charge >= 0.3 is 0 Å². The molecule has 0 unspecified atom stereocenters. The zero-order chi connectivity index (χ0) is 12.3. The second kappa shape index (κ2) is 5.82. The zero-order valence-electron chi connectivity index (χ0n) is 10.9. The average molecular weight is 340 g/mol. The molecule has 3 heteroatoms. The van der Waals surface area contributed by atoms with E-state index in [1.54, 1.807) is 0 Å². The molecule has 0 spiro atoms. The maximum atomic E-state index is 6.36. The minimum absolute atomic E-state index is 0.290. The Balaban J connectivity index is 4.59. The van der Waals surface area contributed by atoms with E-state index in [4.69, 9.17) is 4.43 Å². The van der Waals surface area contributed by atoms with Crippen LogP contribution in [0, 0.1) is 0 Å². The SMILES string of the molecule is C=CC[C@@H](O[Si](C)(C)C(C)(C)C)[C@H](C)I. The van der Waals surface area contributed by atoms with Crippen molar-refractivity contribution in [1.29, 1.82) is 0 Å². The molecule has 0 aliphatic heterocycles. The van der Waals surface area contributed by atoms with Crippen LogP contribution in [0.25, 0.3) is 0 Å². The summed E-state index contributed by atoms with van der Waals surface area (Å²) in [6.07, 6.45) is 3.24. The molecule has 0 aromatic carbocycles. The Morgan fingerprint density at radius 1 is 1.40 bits per heavy atom. The van der Waals surface area contributed by atoms with Crippen LogP contribution in [0.15, 0.2) is 12.7 Å². The number of hydrogen-bond donors (Lipinski definition) is 0. The van der Waals surface area contributed by atoms with E-state index < -0.39 is 8.32 Å². The third kappa shape index (κ3) is 5.00. The van der Waals surface area contributed by atoms with Crippen molar-refractivity contribution in [3.05, 3.63) is 12.7 Å². The molecule has 15 heavy (non-hydrogen) atoms. The summed E-state index contributed by atoms with van der Waals surface area (Å²) in [6, 6.07) is 0. The molecule has 0 fully saturated rings. The molecule has 0 aliphatic rings. The monoisotopic (exact) mass is 340 g/mol. The maximum absolute atomic E-state index is 6.36. The number of hydrogen-bond acceptors (Lipinski definition) is 1. The molecule has 0 aromatic rings. The van der Waals surface area contributed by atoms with Gasteiger partial charge in [-0.3, -0.25) is 0 Å². The molecule has 0 N–H and O–H groups in total. The third-order valence-corrected chi connectivity index (χ3v) is 8.47. The quantitative estimate of drug-likeness (QED) is 0.303. The summed E-state index contributed by atoms with van der Waals surface area (Å²) in [6.45, 7) is 17.5. The van der Waals surface area contributed by atoms with Crippen molar-refractivity contribution < 1.29 is 4.43 Å². The predicted octanol–water partition coefficient (Wildman–Crippen LogP) is 4.78. The lowest BCUT2D eigenvalue weighted by molar-refractivity contribution is 0.188. The van der Waals surface area contributed by atoms with Crippen molar-refractivity contribution in [2.45, 2.75) is 62.3 Å². The van der Waals surface area contributed by atoms with Crippen molar-refractivity contribution in [3.63, 3.8) is 0 Å². The van der Waals surface area contributed by atoms with Crippen LogP contribution < -0.4 is 0 Å². The largest absolute Gasteiger partial charge is 0.413 e. The van der Waals surface area contributed by atoms with Crippen molar-refractivity contribution in [2.75, 3.05) is 0 Å². The Bertz CT molecular complexity index is 206. The van der Waals surface area contributed by atoms with Crippen molar-refractivity contribution in [2.24, 2.45) is 0 Å². The molecular weight excluding hydrogens is 315 g/mol. The van der Waals surface area contributed by atoms with Gasteiger partial charge in [0.05, 0.1) is 6.10 Å². The molecule has 0 heterocycles. The van der Waals surface area contributed by atoms with Crippen LogP contribution in [-0.4, -0.2) is 18.3 Å². The van der Waals surface area contributed by atoms with Gasteiger partial charge in [-0.05, 0) is 24.6 Å². The topological polar surface area (TPSA) is 9.23 Å². The summed E-state index contributed by atoms with van der Waals surface area (Å²) in [4.78, 5) is 0. The van der Waals surface area contributed by atoms with Crippen LogP contribution in [0.4, 0.5) is 0 Å². The van der Waals surface area contributed by atoms with E-state index in [9.17, 15) is 0 Å². The maximum Gasteiger partial charge on any atom is 0.192 e. The highest BCUT2D eigenvalue weighted by Crippen LogP contribution is 2.38. The van der Waals surface area contributed by atoms with Crippen molar-refractivity contribution >= 4 is 30.9 Å². The van der Waals surface area contributed by atoms with E-state index >= 15 is 0 Å². The fourth-order valence-electron chi connectivity index (χ4n) is 1.05. The van der Waals surface area contributed by atoms with E-state index in [1.807, 2.05) is 6.08 Å². The predicted molar refractivity (Wildman–Crippen MR) is 80.4 cm³/mol. The lowest BCUT2D eigenvalue weighted by Gasteiger charge is -2.40. The molecule has 0 radical (unpaired) electrons. The van der Waals surface area contributed by atoms with Crippen LogP contribution in [-0.2, 0) is 4.43 Å². The summed E-state index contributed by atoms with van der Waals surface area (Å²) in [5, 5.41) is 0.290. The molecule has 90 valence electrons. The van der Waals surface area contributed by atoms with E-state index in [0.29, 0.717) is 10.0 Å². The van der Waals surface area contributed by atoms with Gasteiger partial charge in [-0.15, -0.1) is 6.58 Å². The Labute approximate surface area is 110 Å². The molecule has 0 rings (SSSR count). The van der Waals surface area contributed by atoms with Crippen LogP contribution >= 0.6 is 22.6 Å². The summed E-state index contributed by atoms with van der Waals surface area (Å²) >= 11 is 2.45. The highest BCUT2D eigenvalue weighted by molar-refractivity contribution is 14.1. The first-order chi connectivity index (χ1) is 6.62. The number of rotatable bonds is 5. The molecule has 0 bridgehead atoms. The normalized spacial score (nSPS) is 17.3. The molecule has 1 nitrogen and oxygen atoms in total. The van der Waals surface area contributed by atoms with Gasteiger partial charge in [-0.25, -0.2) is 0 Å². The van der Waals surface area contributed by atoms with Gasteiger partial charge in [0.2, 0.25) is 0 Å². The van der Waals surface area contributed by atoms with Gasteiger partial charge in [0, 0.05) is 3.92 Å². The second-order valence-corrected chi connectivity index (χ2v) is 12.3. The van der Waals surface area contributed by atoms with E-state index in [2.05, 4.69) is 70.0 Å². The summed E-state index contributed by atoms with van der Waals surface area (Å²) in [5.74, 6) is 0. The van der Waals surface area contributed by atoms with Gasteiger partial charge in [-0.2, -0.15) is 0 Å². The molecule has 0 amide bonds. The smallest absolute Gasteiger partial charge is 0.192 e. The Hall–Kier alpha value is 0.647. The van der Waals surface area contributed by atoms with Gasteiger partial charge in [0.15, 0.2) is 8.32 Å². The van der Waals surface area contributed by atoms with Gasteiger partial charge in [0.25, 0.3) is 0 Å². The highest BCUT2D eigenvalue weighted by atomic mass is 127. The van der Waals surface area contributed by atoms with Crippen LogP contribution in [0.1, 0.15) is 34.1 Å².